The van der Waals surface area contributed by atoms with E-state index < -0.39 is 0 Å². The van der Waals surface area contributed by atoms with Crippen molar-refractivity contribution in [3.8, 4) is 5.75 Å². The van der Waals surface area contributed by atoms with Crippen LogP contribution in [0.3, 0.4) is 0 Å². The van der Waals surface area contributed by atoms with Crippen LogP contribution in [0.5, 0.6) is 5.75 Å². The number of nitrogens with two attached hydrogens (primary N) is 1. The van der Waals surface area contributed by atoms with Gasteiger partial charge in [0.1, 0.15) is 5.75 Å². The van der Waals surface area contributed by atoms with Crippen LogP contribution in [0.4, 0.5) is 5.69 Å². The highest BCUT2D eigenvalue weighted by molar-refractivity contribution is 5.43. The van der Waals surface area contributed by atoms with Gasteiger partial charge in [-0.15, -0.1) is 0 Å². The first-order chi connectivity index (χ1) is 5.84. The maximum Gasteiger partial charge on any atom is 0.121 e. The molecule has 0 heterocycles. The topological polar surface area (TPSA) is 35.2 Å². The largest absolute Gasteiger partial charge is 0.493 e. The van der Waals surface area contributed by atoms with Gasteiger partial charge in [0.15, 0.2) is 0 Å². The van der Waals surface area contributed by atoms with Gasteiger partial charge in [-0.3, -0.25) is 0 Å². The number of nitrogen functional groups attached to an aromatic ring is 1. The Hall–Kier alpha value is -1.18. The van der Waals surface area contributed by atoms with Gasteiger partial charge in [0, 0.05) is 11.8 Å². The van der Waals surface area contributed by atoms with Gasteiger partial charge in [-0.1, -0.05) is 6.07 Å². The van der Waals surface area contributed by atoms with E-state index in [1.54, 1.807) is 0 Å². The van der Waals surface area contributed by atoms with Gasteiger partial charge in [0.2, 0.25) is 0 Å². The summed E-state index contributed by atoms with van der Waals surface area (Å²) in [5.74, 6) is 1.69. The molecule has 0 spiro atoms. The van der Waals surface area contributed by atoms with Crippen LogP contribution in [0.15, 0.2) is 24.3 Å². The van der Waals surface area contributed by atoms with E-state index in [1.165, 1.54) is 12.8 Å². The Morgan fingerprint density at radius 1 is 1.42 bits per heavy atom. The van der Waals surface area contributed by atoms with Crippen molar-refractivity contribution in [3.63, 3.8) is 0 Å². The van der Waals surface area contributed by atoms with E-state index in [9.17, 15) is 0 Å². The lowest BCUT2D eigenvalue weighted by molar-refractivity contribution is 0.300. The number of rotatable bonds is 3. The minimum absolute atomic E-state index is 0.767. The predicted octanol–water partition coefficient (Wildman–Crippen LogP) is 2.06. The summed E-state index contributed by atoms with van der Waals surface area (Å²) in [6.45, 7) is 0.851. The highest BCUT2D eigenvalue weighted by atomic mass is 16.5. The van der Waals surface area contributed by atoms with Crippen molar-refractivity contribution in [2.24, 2.45) is 5.92 Å². The normalized spacial score (nSPS) is 16.0. The number of anilines is 1. The van der Waals surface area contributed by atoms with Crippen LogP contribution in [0.25, 0.3) is 0 Å². The van der Waals surface area contributed by atoms with Crippen molar-refractivity contribution in [3.05, 3.63) is 24.3 Å². The molecule has 2 nitrogen and oxygen atoms in total. The molecule has 1 aromatic rings. The second-order valence-corrected chi connectivity index (χ2v) is 3.33. The molecular formula is C10H13NO. The van der Waals surface area contributed by atoms with Crippen LogP contribution in [0.1, 0.15) is 12.8 Å². The first-order valence-corrected chi connectivity index (χ1v) is 4.33. The number of hydrogen-bond donors (Lipinski definition) is 1. The molecule has 1 aliphatic rings. The van der Waals surface area contributed by atoms with Gasteiger partial charge >= 0.3 is 0 Å². The van der Waals surface area contributed by atoms with Gasteiger partial charge in [0.25, 0.3) is 0 Å². The minimum atomic E-state index is 0.767. The summed E-state index contributed by atoms with van der Waals surface area (Å²) in [4.78, 5) is 0. The van der Waals surface area contributed by atoms with Crippen molar-refractivity contribution >= 4 is 5.69 Å². The summed E-state index contributed by atoms with van der Waals surface area (Å²) < 4.78 is 5.53. The van der Waals surface area contributed by atoms with Crippen molar-refractivity contribution in [2.45, 2.75) is 12.8 Å². The maximum atomic E-state index is 5.60. The summed E-state index contributed by atoms with van der Waals surface area (Å²) in [5.41, 5.74) is 6.37. The number of ether oxygens (including phenoxy) is 1. The van der Waals surface area contributed by atoms with E-state index >= 15 is 0 Å². The maximum absolute atomic E-state index is 5.60. The average Bonchev–Trinajstić information content (AvgIpc) is 2.84. The smallest absolute Gasteiger partial charge is 0.121 e. The zero-order chi connectivity index (χ0) is 8.39. The molecule has 0 radical (unpaired) electrons. The lowest BCUT2D eigenvalue weighted by atomic mass is 10.3. The van der Waals surface area contributed by atoms with Crippen molar-refractivity contribution in [1.82, 2.24) is 0 Å². The minimum Gasteiger partial charge on any atom is -0.493 e. The van der Waals surface area contributed by atoms with Gasteiger partial charge in [-0.2, -0.15) is 0 Å². The summed E-state index contributed by atoms with van der Waals surface area (Å²) in [5, 5.41) is 0. The van der Waals surface area contributed by atoms with E-state index in [4.69, 9.17) is 10.5 Å². The first-order valence-electron chi connectivity index (χ1n) is 4.33. The number of benzene rings is 1. The molecular weight excluding hydrogens is 150 g/mol. The third-order valence-electron chi connectivity index (χ3n) is 2.04. The fourth-order valence-corrected chi connectivity index (χ4v) is 1.10. The Bertz CT molecular complexity index is 268. The molecule has 2 heteroatoms. The first kappa shape index (κ1) is 7.47. The van der Waals surface area contributed by atoms with Gasteiger partial charge in [-0.05, 0) is 30.9 Å². The van der Waals surface area contributed by atoms with Crippen LogP contribution in [0, 0.1) is 5.92 Å². The van der Waals surface area contributed by atoms with Crippen LogP contribution in [0.2, 0.25) is 0 Å². The molecule has 1 aliphatic carbocycles. The van der Waals surface area contributed by atoms with Crippen LogP contribution < -0.4 is 10.5 Å². The summed E-state index contributed by atoms with van der Waals surface area (Å²) in [6, 6.07) is 7.59. The van der Waals surface area contributed by atoms with Crippen molar-refractivity contribution in [1.29, 1.82) is 0 Å². The van der Waals surface area contributed by atoms with Crippen molar-refractivity contribution < 1.29 is 4.74 Å². The second kappa shape index (κ2) is 3.05. The molecule has 0 amide bonds. The molecule has 0 saturated heterocycles. The highest BCUT2D eigenvalue weighted by Gasteiger charge is 2.21. The van der Waals surface area contributed by atoms with E-state index in [2.05, 4.69) is 0 Å². The molecule has 0 aromatic heterocycles. The molecule has 2 rings (SSSR count). The summed E-state index contributed by atoms with van der Waals surface area (Å²) in [7, 11) is 0. The lowest BCUT2D eigenvalue weighted by Crippen LogP contribution is -1.99. The zero-order valence-electron chi connectivity index (χ0n) is 6.99. The van der Waals surface area contributed by atoms with Gasteiger partial charge < -0.3 is 10.5 Å². The average molecular weight is 163 g/mol. The Kier molecular flexibility index (Phi) is 1.90. The molecule has 1 fully saturated rings. The Balaban J connectivity index is 1.92. The SMILES string of the molecule is Nc1cccc(OCC2CC2)c1. The molecule has 12 heavy (non-hydrogen) atoms. The third kappa shape index (κ3) is 1.91. The molecule has 0 aliphatic heterocycles. The standard InChI is InChI=1S/C10H13NO/c11-9-2-1-3-10(6-9)12-7-8-4-5-8/h1-3,6,8H,4-5,7,11H2. The monoisotopic (exact) mass is 163 g/mol. The predicted molar refractivity (Wildman–Crippen MR) is 49.1 cm³/mol. The molecule has 1 saturated carbocycles. The van der Waals surface area contributed by atoms with Crippen molar-refractivity contribution in [2.75, 3.05) is 12.3 Å². The van der Waals surface area contributed by atoms with Gasteiger partial charge in [0.05, 0.1) is 6.61 Å². The molecule has 0 bridgehead atoms. The third-order valence-corrected chi connectivity index (χ3v) is 2.04. The number of hydrogen-bond acceptors (Lipinski definition) is 2. The van der Waals surface area contributed by atoms with Gasteiger partial charge in [-0.25, -0.2) is 0 Å². The van der Waals surface area contributed by atoms with E-state index in [0.717, 1.165) is 24.0 Å². The lowest BCUT2D eigenvalue weighted by Gasteiger charge is -2.04. The molecule has 2 N–H and O–H groups in total. The molecule has 0 atom stereocenters. The van der Waals surface area contributed by atoms with Crippen LogP contribution in [-0.2, 0) is 0 Å². The Morgan fingerprint density at radius 2 is 2.25 bits per heavy atom. The van der Waals surface area contributed by atoms with Crippen LogP contribution >= 0.6 is 0 Å². The van der Waals surface area contributed by atoms with Crippen LogP contribution in [-0.4, -0.2) is 6.61 Å². The fraction of sp³-hybridized carbons (Fsp3) is 0.400. The fourth-order valence-electron chi connectivity index (χ4n) is 1.10. The molecule has 64 valence electrons. The van der Waals surface area contributed by atoms with E-state index in [-0.39, 0.29) is 0 Å². The molecule has 1 aromatic carbocycles. The second-order valence-electron chi connectivity index (χ2n) is 3.33. The summed E-state index contributed by atoms with van der Waals surface area (Å²) in [6.07, 6.45) is 2.64. The highest BCUT2D eigenvalue weighted by Crippen LogP contribution is 2.29. The molecule has 0 unspecified atom stereocenters. The summed E-state index contributed by atoms with van der Waals surface area (Å²) >= 11 is 0. The Labute approximate surface area is 72.3 Å². The van der Waals surface area contributed by atoms with E-state index in [0.29, 0.717) is 0 Å². The zero-order valence-corrected chi connectivity index (χ0v) is 6.99. The van der Waals surface area contributed by atoms with E-state index in [1.807, 2.05) is 24.3 Å². The Morgan fingerprint density at radius 3 is 2.92 bits per heavy atom. The quantitative estimate of drug-likeness (QED) is 0.692.